The topological polar surface area (TPSA) is 96.1 Å². The highest BCUT2D eigenvalue weighted by Gasteiger charge is 2.29. The van der Waals surface area contributed by atoms with Gasteiger partial charge in [-0.05, 0) is 12.8 Å². The fourth-order valence-corrected chi connectivity index (χ4v) is 3.11. The average Bonchev–Trinajstić information content (AvgIpc) is 3.39. The van der Waals surface area contributed by atoms with Crippen molar-refractivity contribution >= 4 is 28.8 Å². The lowest BCUT2D eigenvalue weighted by molar-refractivity contribution is -0.137. The molecule has 8 nitrogen and oxygen atoms in total. The van der Waals surface area contributed by atoms with Gasteiger partial charge in [-0.1, -0.05) is 11.8 Å². The molecule has 1 aliphatic rings. The Kier molecular flexibility index (Phi) is 3.97. The smallest absolute Gasteiger partial charge is 0.332 e. The first-order valence-electron chi connectivity index (χ1n) is 7.11. The van der Waals surface area contributed by atoms with E-state index in [1.807, 2.05) is 0 Å². The Labute approximate surface area is 135 Å². The van der Waals surface area contributed by atoms with Crippen molar-refractivity contribution in [3.63, 3.8) is 0 Å². The first-order chi connectivity index (χ1) is 10.9. The van der Waals surface area contributed by atoms with Crippen molar-refractivity contribution in [2.24, 2.45) is 14.1 Å². The van der Waals surface area contributed by atoms with Crippen molar-refractivity contribution in [2.75, 3.05) is 12.9 Å². The molecule has 0 radical (unpaired) electrons. The maximum absolute atomic E-state index is 12.5. The van der Waals surface area contributed by atoms with E-state index in [9.17, 15) is 14.4 Å². The van der Waals surface area contributed by atoms with Gasteiger partial charge in [0.05, 0.1) is 12.9 Å². The third-order valence-electron chi connectivity index (χ3n) is 3.78. The Morgan fingerprint density at radius 3 is 2.57 bits per heavy atom. The number of esters is 1. The maximum Gasteiger partial charge on any atom is 0.332 e. The number of hydrogen-bond donors (Lipinski definition) is 0. The van der Waals surface area contributed by atoms with Gasteiger partial charge in [0.2, 0.25) is 0 Å². The Balaban J connectivity index is 2.25. The molecular formula is C14H16N4O4S. The number of carbonyl (C=O) groups is 1. The third kappa shape index (κ3) is 2.76. The van der Waals surface area contributed by atoms with Gasteiger partial charge in [0.1, 0.15) is 16.2 Å². The standard InChI is InChI=1S/C14H16N4O4S/c1-17-11-9(13(20)18(2)14(17)21)12(23-6-8(19)22-3)16-10(15-11)7-4-5-7/h7H,4-6H2,1-3H3. The van der Waals surface area contributed by atoms with Crippen LogP contribution in [0.5, 0.6) is 0 Å². The lowest BCUT2D eigenvalue weighted by atomic mass is 10.3. The van der Waals surface area contributed by atoms with Gasteiger partial charge in [-0.25, -0.2) is 14.8 Å². The molecule has 0 atom stereocenters. The van der Waals surface area contributed by atoms with Gasteiger partial charge in [0, 0.05) is 20.0 Å². The Bertz CT molecular complexity index is 914. The summed E-state index contributed by atoms with van der Waals surface area (Å²) in [5.41, 5.74) is -0.591. The fourth-order valence-electron chi connectivity index (χ4n) is 2.26. The fraction of sp³-hybridized carbons (Fsp3) is 0.500. The third-order valence-corrected chi connectivity index (χ3v) is 4.73. The molecule has 1 aliphatic carbocycles. The van der Waals surface area contributed by atoms with E-state index in [2.05, 4.69) is 14.7 Å². The Morgan fingerprint density at radius 2 is 1.96 bits per heavy atom. The van der Waals surface area contributed by atoms with Gasteiger partial charge < -0.3 is 4.74 Å². The van der Waals surface area contributed by atoms with Crippen LogP contribution in [0.3, 0.4) is 0 Å². The summed E-state index contributed by atoms with van der Waals surface area (Å²) in [6.45, 7) is 0. The van der Waals surface area contributed by atoms with Crippen LogP contribution in [-0.2, 0) is 23.6 Å². The molecule has 122 valence electrons. The highest BCUT2D eigenvalue weighted by atomic mass is 32.2. The minimum Gasteiger partial charge on any atom is -0.468 e. The minimum atomic E-state index is -0.460. The predicted molar refractivity (Wildman–Crippen MR) is 84.7 cm³/mol. The molecule has 0 aliphatic heterocycles. The highest BCUT2D eigenvalue weighted by molar-refractivity contribution is 8.00. The number of methoxy groups -OCH3 is 1. The zero-order chi connectivity index (χ0) is 16.7. The molecule has 2 aromatic rings. The van der Waals surface area contributed by atoms with Crippen LogP contribution in [0.25, 0.3) is 11.0 Å². The van der Waals surface area contributed by atoms with E-state index >= 15 is 0 Å². The van der Waals surface area contributed by atoms with Crippen LogP contribution in [0.1, 0.15) is 24.6 Å². The predicted octanol–water partition coefficient (Wildman–Crippen LogP) is 0.170. The van der Waals surface area contributed by atoms with E-state index in [1.165, 1.54) is 18.7 Å². The molecule has 0 aromatic carbocycles. The van der Waals surface area contributed by atoms with Crippen molar-refractivity contribution in [2.45, 2.75) is 23.8 Å². The maximum atomic E-state index is 12.5. The summed E-state index contributed by atoms with van der Waals surface area (Å²) in [5, 5.41) is 0.673. The van der Waals surface area contributed by atoms with Crippen molar-refractivity contribution in [1.29, 1.82) is 0 Å². The normalized spacial score (nSPS) is 14.2. The molecule has 9 heteroatoms. The molecular weight excluding hydrogens is 320 g/mol. The van der Waals surface area contributed by atoms with Crippen molar-refractivity contribution in [1.82, 2.24) is 19.1 Å². The van der Waals surface area contributed by atoms with E-state index in [4.69, 9.17) is 0 Å². The van der Waals surface area contributed by atoms with Crippen LogP contribution in [0.2, 0.25) is 0 Å². The Morgan fingerprint density at radius 1 is 1.26 bits per heavy atom. The number of ether oxygens (including phenoxy) is 1. The van der Waals surface area contributed by atoms with E-state index in [0.717, 1.165) is 29.2 Å². The first kappa shape index (κ1) is 15.7. The average molecular weight is 336 g/mol. The van der Waals surface area contributed by atoms with Crippen molar-refractivity contribution in [3.8, 4) is 0 Å². The number of carbonyl (C=O) groups excluding carboxylic acids is 1. The van der Waals surface area contributed by atoms with Crippen LogP contribution < -0.4 is 11.2 Å². The zero-order valence-corrected chi connectivity index (χ0v) is 13.8. The van der Waals surface area contributed by atoms with Gasteiger partial charge in [0.25, 0.3) is 5.56 Å². The Hall–Kier alpha value is -2.16. The molecule has 0 saturated heterocycles. The first-order valence-corrected chi connectivity index (χ1v) is 8.10. The number of rotatable bonds is 4. The van der Waals surface area contributed by atoms with Crippen molar-refractivity contribution in [3.05, 3.63) is 26.7 Å². The lowest BCUT2D eigenvalue weighted by Gasteiger charge is -2.11. The van der Waals surface area contributed by atoms with Crippen LogP contribution in [-0.4, -0.2) is 37.9 Å². The van der Waals surface area contributed by atoms with E-state index in [-0.39, 0.29) is 17.1 Å². The van der Waals surface area contributed by atoms with E-state index < -0.39 is 17.2 Å². The molecule has 0 spiro atoms. The second kappa shape index (κ2) is 5.80. The number of aromatic nitrogens is 4. The lowest BCUT2D eigenvalue weighted by Crippen LogP contribution is -2.37. The largest absolute Gasteiger partial charge is 0.468 e. The van der Waals surface area contributed by atoms with Crippen LogP contribution in [0.15, 0.2) is 14.6 Å². The molecule has 1 saturated carbocycles. The summed E-state index contributed by atoms with van der Waals surface area (Å²) >= 11 is 1.13. The SMILES string of the molecule is COC(=O)CSc1nc(C2CC2)nc2c1c(=O)n(C)c(=O)n2C. The van der Waals surface area contributed by atoms with Gasteiger partial charge in [-0.15, -0.1) is 0 Å². The molecule has 23 heavy (non-hydrogen) atoms. The number of nitrogens with zero attached hydrogens (tertiary/aromatic N) is 4. The van der Waals surface area contributed by atoms with Crippen LogP contribution in [0.4, 0.5) is 0 Å². The number of hydrogen-bond acceptors (Lipinski definition) is 7. The van der Waals surface area contributed by atoms with E-state index in [1.54, 1.807) is 7.05 Å². The van der Waals surface area contributed by atoms with Crippen molar-refractivity contribution < 1.29 is 9.53 Å². The summed E-state index contributed by atoms with van der Waals surface area (Å²) in [6, 6.07) is 0. The zero-order valence-electron chi connectivity index (χ0n) is 13.0. The van der Waals surface area contributed by atoms with Gasteiger partial charge in [0.15, 0.2) is 5.65 Å². The second-order valence-corrected chi connectivity index (χ2v) is 6.39. The quantitative estimate of drug-likeness (QED) is 0.446. The summed E-state index contributed by atoms with van der Waals surface area (Å²) < 4.78 is 6.99. The number of aryl methyl sites for hydroxylation is 1. The summed E-state index contributed by atoms with van der Waals surface area (Å²) in [5.74, 6) is 0.513. The van der Waals surface area contributed by atoms with Gasteiger partial charge in [-0.3, -0.25) is 18.7 Å². The molecule has 0 N–H and O–H groups in total. The summed E-state index contributed by atoms with van der Waals surface area (Å²) in [4.78, 5) is 44.9. The van der Waals surface area contributed by atoms with Gasteiger partial charge in [-0.2, -0.15) is 0 Å². The highest BCUT2D eigenvalue weighted by Crippen LogP contribution is 2.39. The minimum absolute atomic E-state index is 0.0404. The molecule has 0 bridgehead atoms. The molecule has 2 aromatic heterocycles. The van der Waals surface area contributed by atoms with Crippen LogP contribution in [0, 0.1) is 0 Å². The number of fused-ring (bicyclic) bond motifs is 1. The molecule has 2 heterocycles. The molecule has 0 unspecified atom stereocenters. The van der Waals surface area contributed by atoms with Gasteiger partial charge >= 0.3 is 11.7 Å². The molecule has 3 rings (SSSR count). The second-order valence-electron chi connectivity index (χ2n) is 5.43. The summed E-state index contributed by atoms with van der Waals surface area (Å²) in [6.07, 6.45) is 1.98. The molecule has 0 amide bonds. The number of thioether (sulfide) groups is 1. The van der Waals surface area contributed by atoms with E-state index in [0.29, 0.717) is 16.5 Å². The van der Waals surface area contributed by atoms with Crippen LogP contribution >= 0.6 is 11.8 Å². The monoisotopic (exact) mass is 336 g/mol. The summed E-state index contributed by atoms with van der Waals surface area (Å²) in [7, 11) is 4.29. The molecule has 1 fully saturated rings.